The highest BCUT2D eigenvalue weighted by atomic mass is 16.5. The zero-order chi connectivity index (χ0) is 15.2. The molecule has 0 saturated carbocycles. The zero-order valence-electron chi connectivity index (χ0n) is 12.7. The number of rotatable bonds is 6. The molecule has 0 N–H and O–H groups in total. The van der Waals surface area contributed by atoms with Crippen LogP contribution in [0.15, 0.2) is 42.5 Å². The first-order chi connectivity index (χ1) is 10.2. The number of carbonyl (C=O) groups excluding carboxylic acids is 1. The second-order valence-corrected chi connectivity index (χ2v) is 4.84. The minimum atomic E-state index is 0.0305. The number of hydrogen-bond acceptors (Lipinski definition) is 3. The molecule has 0 aliphatic rings. The molecular weight excluding hydrogens is 264 g/mol. The molecule has 2 rings (SSSR count). The van der Waals surface area contributed by atoms with E-state index in [0.717, 1.165) is 16.9 Å². The third-order valence-corrected chi connectivity index (χ3v) is 3.27. The number of carbonyl (C=O) groups is 1. The molecule has 0 heterocycles. The van der Waals surface area contributed by atoms with Gasteiger partial charge < -0.3 is 9.47 Å². The van der Waals surface area contributed by atoms with Gasteiger partial charge in [-0.05, 0) is 32.0 Å². The van der Waals surface area contributed by atoms with Gasteiger partial charge in [-0.1, -0.05) is 29.8 Å². The van der Waals surface area contributed by atoms with Crippen molar-refractivity contribution in [1.29, 1.82) is 0 Å². The summed E-state index contributed by atoms with van der Waals surface area (Å²) in [6, 6.07) is 13.2. The molecule has 0 aliphatic heterocycles. The van der Waals surface area contributed by atoms with Crippen molar-refractivity contribution >= 4 is 5.78 Å². The molecule has 3 heteroatoms. The largest absolute Gasteiger partial charge is 0.496 e. The summed E-state index contributed by atoms with van der Waals surface area (Å²) in [4.78, 5) is 12.6. The molecule has 0 radical (unpaired) electrons. The second kappa shape index (κ2) is 6.93. The minimum Gasteiger partial charge on any atom is -0.496 e. The van der Waals surface area contributed by atoms with Crippen LogP contribution in [0.5, 0.6) is 11.5 Å². The molecule has 0 bridgehead atoms. The first-order valence-corrected chi connectivity index (χ1v) is 7.04. The number of para-hydroxylation sites is 1. The van der Waals surface area contributed by atoms with Crippen LogP contribution in [-0.4, -0.2) is 19.5 Å². The molecular formula is C18H20O3. The SMILES string of the molecule is CCOc1ccccc1C(=O)Cc1cc(C)ccc1OC. The van der Waals surface area contributed by atoms with E-state index in [1.807, 2.05) is 50.2 Å². The standard InChI is InChI=1S/C18H20O3/c1-4-21-18-8-6-5-7-15(18)16(19)12-14-11-13(2)9-10-17(14)20-3/h5-11H,4,12H2,1-3H3. The van der Waals surface area contributed by atoms with E-state index < -0.39 is 0 Å². The minimum absolute atomic E-state index is 0.0305. The van der Waals surface area contributed by atoms with Crippen molar-refractivity contribution in [3.8, 4) is 11.5 Å². The summed E-state index contributed by atoms with van der Waals surface area (Å²) >= 11 is 0. The van der Waals surface area contributed by atoms with Gasteiger partial charge in [-0.3, -0.25) is 4.79 Å². The molecule has 21 heavy (non-hydrogen) atoms. The molecule has 2 aromatic carbocycles. The highest BCUT2D eigenvalue weighted by molar-refractivity contribution is 6.00. The average Bonchev–Trinajstić information content (AvgIpc) is 2.48. The number of ketones is 1. The summed E-state index contributed by atoms with van der Waals surface area (Å²) in [5.74, 6) is 1.41. The van der Waals surface area contributed by atoms with Gasteiger partial charge >= 0.3 is 0 Å². The fraction of sp³-hybridized carbons (Fsp3) is 0.278. The fourth-order valence-electron chi connectivity index (χ4n) is 2.29. The maximum atomic E-state index is 12.6. The average molecular weight is 284 g/mol. The monoisotopic (exact) mass is 284 g/mol. The number of methoxy groups -OCH3 is 1. The van der Waals surface area contributed by atoms with E-state index in [1.54, 1.807) is 13.2 Å². The predicted octanol–water partition coefficient (Wildman–Crippen LogP) is 3.83. The van der Waals surface area contributed by atoms with Crippen LogP contribution in [0.3, 0.4) is 0 Å². The zero-order valence-corrected chi connectivity index (χ0v) is 12.7. The van der Waals surface area contributed by atoms with E-state index in [0.29, 0.717) is 24.3 Å². The number of benzene rings is 2. The molecule has 0 amide bonds. The van der Waals surface area contributed by atoms with Crippen molar-refractivity contribution in [2.45, 2.75) is 20.3 Å². The Morgan fingerprint density at radius 1 is 1.10 bits per heavy atom. The summed E-state index contributed by atoms with van der Waals surface area (Å²) in [6.07, 6.45) is 0.301. The third-order valence-electron chi connectivity index (χ3n) is 3.27. The summed E-state index contributed by atoms with van der Waals surface area (Å²) in [5.41, 5.74) is 2.62. The van der Waals surface area contributed by atoms with Gasteiger partial charge in [-0.15, -0.1) is 0 Å². The van der Waals surface area contributed by atoms with Gasteiger partial charge in [0.25, 0.3) is 0 Å². The number of aryl methyl sites for hydroxylation is 1. The molecule has 0 aliphatic carbocycles. The number of Topliss-reactive ketones (excluding diaryl/α,β-unsaturated/α-hetero) is 1. The van der Waals surface area contributed by atoms with E-state index in [9.17, 15) is 4.79 Å². The van der Waals surface area contributed by atoms with E-state index >= 15 is 0 Å². The van der Waals surface area contributed by atoms with Crippen LogP contribution in [0.4, 0.5) is 0 Å². The maximum Gasteiger partial charge on any atom is 0.171 e. The van der Waals surface area contributed by atoms with Gasteiger partial charge in [0.05, 0.1) is 19.3 Å². The molecule has 0 unspecified atom stereocenters. The summed E-state index contributed by atoms with van der Waals surface area (Å²) in [6.45, 7) is 4.45. The van der Waals surface area contributed by atoms with Gasteiger partial charge in [-0.25, -0.2) is 0 Å². The van der Waals surface area contributed by atoms with Crippen LogP contribution in [0.1, 0.15) is 28.4 Å². The summed E-state index contributed by atoms with van der Waals surface area (Å²) in [5, 5.41) is 0. The van der Waals surface area contributed by atoms with E-state index in [-0.39, 0.29) is 5.78 Å². The quantitative estimate of drug-likeness (QED) is 0.756. The van der Waals surface area contributed by atoms with Crippen molar-refractivity contribution in [3.05, 3.63) is 59.2 Å². The van der Waals surface area contributed by atoms with Crippen LogP contribution in [0.25, 0.3) is 0 Å². The molecule has 0 spiro atoms. The topological polar surface area (TPSA) is 35.5 Å². The van der Waals surface area contributed by atoms with Gasteiger partial charge in [0.2, 0.25) is 0 Å². The lowest BCUT2D eigenvalue weighted by Crippen LogP contribution is -2.08. The van der Waals surface area contributed by atoms with Crippen molar-refractivity contribution in [3.63, 3.8) is 0 Å². The van der Waals surface area contributed by atoms with Crippen molar-refractivity contribution in [2.75, 3.05) is 13.7 Å². The Hall–Kier alpha value is -2.29. The Morgan fingerprint density at radius 3 is 2.57 bits per heavy atom. The number of hydrogen-bond donors (Lipinski definition) is 0. The fourth-order valence-corrected chi connectivity index (χ4v) is 2.29. The Morgan fingerprint density at radius 2 is 1.86 bits per heavy atom. The van der Waals surface area contributed by atoms with Crippen molar-refractivity contribution < 1.29 is 14.3 Å². The molecule has 0 saturated heterocycles. The lowest BCUT2D eigenvalue weighted by Gasteiger charge is -2.11. The van der Waals surface area contributed by atoms with E-state index in [1.165, 1.54) is 0 Å². The van der Waals surface area contributed by atoms with Crippen LogP contribution < -0.4 is 9.47 Å². The number of ether oxygens (including phenoxy) is 2. The lowest BCUT2D eigenvalue weighted by atomic mass is 10.00. The Bertz CT molecular complexity index is 632. The van der Waals surface area contributed by atoms with Gasteiger partial charge in [0.1, 0.15) is 11.5 Å². The molecule has 110 valence electrons. The molecule has 0 aromatic heterocycles. The van der Waals surface area contributed by atoms with Crippen LogP contribution >= 0.6 is 0 Å². The van der Waals surface area contributed by atoms with Gasteiger partial charge in [0, 0.05) is 12.0 Å². The van der Waals surface area contributed by atoms with Crippen LogP contribution in [-0.2, 0) is 6.42 Å². The Kier molecular flexibility index (Phi) is 4.99. The molecule has 3 nitrogen and oxygen atoms in total. The highest BCUT2D eigenvalue weighted by Gasteiger charge is 2.15. The Labute approximate surface area is 125 Å². The molecule has 0 atom stereocenters. The lowest BCUT2D eigenvalue weighted by molar-refractivity contribution is 0.0988. The summed E-state index contributed by atoms with van der Waals surface area (Å²) < 4.78 is 10.9. The van der Waals surface area contributed by atoms with Crippen LogP contribution in [0, 0.1) is 6.92 Å². The summed E-state index contributed by atoms with van der Waals surface area (Å²) in [7, 11) is 1.62. The van der Waals surface area contributed by atoms with Gasteiger partial charge in [0.15, 0.2) is 5.78 Å². The van der Waals surface area contributed by atoms with Crippen molar-refractivity contribution in [1.82, 2.24) is 0 Å². The normalized spacial score (nSPS) is 10.2. The van der Waals surface area contributed by atoms with Gasteiger partial charge in [-0.2, -0.15) is 0 Å². The van der Waals surface area contributed by atoms with Crippen LogP contribution in [0.2, 0.25) is 0 Å². The third kappa shape index (κ3) is 3.63. The smallest absolute Gasteiger partial charge is 0.171 e. The Balaban J connectivity index is 2.28. The van der Waals surface area contributed by atoms with E-state index in [2.05, 4.69) is 0 Å². The van der Waals surface area contributed by atoms with E-state index in [4.69, 9.17) is 9.47 Å². The predicted molar refractivity (Wildman–Crippen MR) is 83.4 cm³/mol. The van der Waals surface area contributed by atoms with Crippen molar-refractivity contribution in [2.24, 2.45) is 0 Å². The maximum absolute atomic E-state index is 12.6. The first-order valence-electron chi connectivity index (χ1n) is 7.04. The molecule has 2 aromatic rings. The second-order valence-electron chi connectivity index (χ2n) is 4.84. The highest BCUT2D eigenvalue weighted by Crippen LogP contribution is 2.24. The first kappa shape index (κ1) is 15.1. The molecule has 0 fully saturated rings.